The Morgan fingerprint density at radius 3 is 2.59 bits per heavy atom. The molecular weight excluding hydrogens is 220 g/mol. The van der Waals surface area contributed by atoms with Crippen LogP contribution in [-0.4, -0.2) is 54.8 Å². The van der Waals surface area contributed by atoms with Crippen molar-refractivity contribution in [3.8, 4) is 0 Å². The number of likely N-dealkylation sites (tertiary alicyclic amines) is 1. The molecule has 6 heteroatoms. The minimum Gasteiger partial charge on any atom is -0.342 e. The molecule has 0 radical (unpaired) electrons. The van der Waals surface area contributed by atoms with Gasteiger partial charge in [-0.15, -0.1) is 0 Å². The van der Waals surface area contributed by atoms with E-state index >= 15 is 0 Å². The average Bonchev–Trinajstić information content (AvgIpc) is 2.82. The second kappa shape index (κ2) is 7.24. The summed E-state index contributed by atoms with van der Waals surface area (Å²) < 4.78 is 0. The maximum absolute atomic E-state index is 11.8. The third kappa shape index (κ3) is 5.14. The zero-order valence-corrected chi connectivity index (χ0v) is 10.4. The van der Waals surface area contributed by atoms with E-state index in [4.69, 9.17) is 5.84 Å². The molecule has 0 atom stereocenters. The quantitative estimate of drug-likeness (QED) is 0.367. The van der Waals surface area contributed by atoms with Crippen LogP contribution in [-0.2, 0) is 9.59 Å². The highest BCUT2D eigenvalue weighted by atomic mass is 16.2. The zero-order chi connectivity index (χ0) is 12.7. The Hall–Kier alpha value is -1.14. The van der Waals surface area contributed by atoms with E-state index in [-0.39, 0.29) is 11.8 Å². The molecule has 0 saturated carbocycles. The Balaban J connectivity index is 2.13. The number of carbonyl (C=O) groups is 2. The number of hydrazine groups is 1. The lowest BCUT2D eigenvalue weighted by atomic mass is 10.3. The molecule has 98 valence electrons. The topological polar surface area (TPSA) is 78.7 Å². The van der Waals surface area contributed by atoms with Crippen LogP contribution >= 0.6 is 0 Å². The molecule has 1 aliphatic rings. The summed E-state index contributed by atoms with van der Waals surface area (Å²) in [5.41, 5.74) is 2.09. The van der Waals surface area contributed by atoms with Gasteiger partial charge < -0.3 is 4.90 Å². The number of likely N-dealkylation sites (N-methyl/N-ethyl adjacent to an activating group) is 1. The third-order valence-electron chi connectivity index (χ3n) is 2.97. The molecule has 1 heterocycles. The summed E-state index contributed by atoms with van der Waals surface area (Å²) in [5, 5.41) is 0. The van der Waals surface area contributed by atoms with E-state index in [1.165, 1.54) is 0 Å². The Kier molecular flexibility index (Phi) is 5.93. The minimum atomic E-state index is -0.163. The fourth-order valence-electron chi connectivity index (χ4n) is 1.96. The summed E-state index contributed by atoms with van der Waals surface area (Å²) in [6.07, 6.45) is 3.35. The van der Waals surface area contributed by atoms with Crippen LogP contribution in [0.25, 0.3) is 0 Å². The SMILES string of the molecule is CN(CCCC(=O)NN)CC(=O)N1CCCC1. The molecule has 0 aromatic rings. The number of carbonyl (C=O) groups excluding carboxylic acids is 2. The summed E-state index contributed by atoms with van der Waals surface area (Å²) in [6.45, 7) is 2.95. The summed E-state index contributed by atoms with van der Waals surface area (Å²) in [7, 11) is 1.90. The predicted molar refractivity (Wildman–Crippen MR) is 64.9 cm³/mol. The maximum Gasteiger partial charge on any atom is 0.236 e. The molecule has 2 amide bonds. The first kappa shape index (κ1) is 13.9. The standard InChI is InChI=1S/C11H22N4O2/c1-14(6-4-5-10(16)13-12)9-11(17)15-7-2-3-8-15/h2-9,12H2,1H3,(H,13,16). The molecule has 0 bridgehead atoms. The van der Waals surface area contributed by atoms with Gasteiger partial charge in [-0.05, 0) is 32.9 Å². The normalized spacial score (nSPS) is 15.4. The monoisotopic (exact) mass is 242 g/mol. The third-order valence-corrected chi connectivity index (χ3v) is 2.97. The molecule has 1 rings (SSSR count). The number of rotatable bonds is 6. The van der Waals surface area contributed by atoms with Crippen LogP contribution < -0.4 is 11.3 Å². The lowest BCUT2D eigenvalue weighted by Crippen LogP contribution is -2.38. The van der Waals surface area contributed by atoms with Crippen molar-refractivity contribution < 1.29 is 9.59 Å². The lowest BCUT2D eigenvalue weighted by Gasteiger charge is -2.20. The second-order valence-corrected chi connectivity index (χ2v) is 4.50. The van der Waals surface area contributed by atoms with Crippen molar-refractivity contribution in [3.63, 3.8) is 0 Å². The van der Waals surface area contributed by atoms with Gasteiger partial charge in [0.25, 0.3) is 0 Å². The van der Waals surface area contributed by atoms with Gasteiger partial charge in [0.1, 0.15) is 0 Å². The largest absolute Gasteiger partial charge is 0.342 e. The van der Waals surface area contributed by atoms with Crippen molar-refractivity contribution in [2.75, 3.05) is 33.2 Å². The van der Waals surface area contributed by atoms with Gasteiger partial charge in [-0.1, -0.05) is 0 Å². The molecule has 1 aliphatic heterocycles. The van der Waals surface area contributed by atoms with Gasteiger partial charge in [-0.3, -0.25) is 19.9 Å². The van der Waals surface area contributed by atoms with E-state index in [0.717, 1.165) is 32.5 Å². The molecule has 17 heavy (non-hydrogen) atoms. The fraction of sp³-hybridized carbons (Fsp3) is 0.818. The first-order chi connectivity index (χ1) is 8.13. The molecule has 0 spiro atoms. The van der Waals surface area contributed by atoms with Crippen molar-refractivity contribution in [2.45, 2.75) is 25.7 Å². The van der Waals surface area contributed by atoms with Gasteiger partial charge in [-0.25, -0.2) is 5.84 Å². The molecule has 0 aliphatic carbocycles. The van der Waals surface area contributed by atoms with Crippen LogP contribution in [0.5, 0.6) is 0 Å². The highest BCUT2D eigenvalue weighted by Crippen LogP contribution is 2.07. The number of nitrogens with zero attached hydrogens (tertiary/aromatic N) is 2. The highest BCUT2D eigenvalue weighted by Gasteiger charge is 2.18. The van der Waals surface area contributed by atoms with Crippen LogP contribution in [0.2, 0.25) is 0 Å². The molecule has 6 nitrogen and oxygen atoms in total. The van der Waals surface area contributed by atoms with E-state index < -0.39 is 0 Å². The fourth-order valence-corrected chi connectivity index (χ4v) is 1.96. The van der Waals surface area contributed by atoms with Crippen LogP contribution in [0.15, 0.2) is 0 Å². The minimum absolute atomic E-state index is 0.163. The van der Waals surface area contributed by atoms with Crippen LogP contribution in [0, 0.1) is 0 Å². The summed E-state index contributed by atoms with van der Waals surface area (Å²) in [5.74, 6) is 5.00. The Morgan fingerprint density at radius 2 is 2.00 bits per heavy atom. The van der Waals surface area contributed by atoms with E-state index in [1.54, 1.807) is 0 Å². The number of nitrogens with one attached hydrogen (secondary N) is 1. The molecular formula is C11H22N4O2. The summed E-state index contributed by atoms with van der Waals surface area (Å²) in [4.78, 5) is 26.5. The van der Waals surface area contributed by atoms with Crippen molar-refractivity contribution in [1.82, 2.24) is 15.2 Å². The van der Waals surface area contributed by atoms with Crippen LogP contribution in [0.1, 0.15) is 25.7 Å². The van der Waals surface area contributed by atoms with Gasteiger partial charge in [0, 0.05) is 19.5 Å². The number of nitrogens with two attached hydrogens (primary N) is 1. The maximum atomic E-state index is 11.8. The van der Waals surface area contributed by atoms with E-state index in [0.29, 0.717) is 19.4 Å². The van der Waals surface area contributed by atoms with Gasteiger partial charge in [0.2, 0.25) is 11.8 Å². The number of hydrogen-bond acceptors (Lipinski definition) is 4. The molecule has 0 aromatic carbocycles. The zero-order valence-electron chi connectivity index (χ0n) is 10.4. The van der Waals surface area contributed by atoms with Gasteiger partial charge in [0.05, 0.1) is 6.54 Å². The molecule has 3 N–H and O–H groups in total. The smallest absolute Gasteiger partial charge is 0.236 e. The van der Waals surface area contributed by atoms with Gasteiger partial charge in [-0.2, -0.15) is 0 Å². The van der Waals surface area contributed by atoms with E-state index in [1.807, 2.05) is 16.8 Å². The summed E-state index contributed by atoms with van der Waals surface area (Å²) >= 11 is 0. The summed E-state index contributed by atoms with van der Waals surface area (Å²) in [6, 6.07) is 0. The van der Waals surface area contributed by atoms with E-state index in [2.05, 4.69) is 5.43 Å². The first-order valence-corrected chi connectivity index (χ1v) is 6.09. The lowest BCUT2D eigenvalue weighted by molar-refractivity contribution is -0.131. The number of hydrogen-bond donors (Lipinski definition) is 2. The predicted octanol–water partition coefficient (Wildman–Crippen LogP) is -0.689. The van der Waals surface area contributed by atoms with E-state index in [9.17, 15) is 9.59 Å². The van der Waals surface area contributed by atoms with Crippen LogP contribution in [0.3, 0.4) is 0 Å². The molecule has 0 aromatic heterocycles. The number of amides is 2. The average molecular weight is 242 g/mol. The van der Waals surface area contributed by atoms with Crippen molar-refractivity contribution in [2.24, 2.45) is 5.84 Å². The molecule has 0 unspecified atom stereocenters. The molecule has 1 fully saturated rings. The first-order valence-electron chi connectivity index (χ1n) is 6.09. The Labute approximate surface area is 102 Å². The van der Waals surface area contributed by atoms with Crippen LogP contribution in [0.4, 0.5) is 0 Å². The van der Waals surface area contributed by atoms with Crippen molar-refractivity contribution in [3.05, 3.63) is 0 Å². The Bertz CT molecular complexity index is 264. The van der Waals surface area contributed by atoms with Gasteiger partial charge in [0.15, 0.2) is 0 Å². The second-order valence-electron chi connectivity index (χ2n) is 4.50. The highest BCUT2D eigenvalue weighted by molar-refractivity contribution is 5.78. The van der Waals surface area contributed by atoms with Gasteiger partial charge >= 0.3 is 0 Å². The molecule has 1 saturated heterocycles. The van der Waals surface area contributed by atoms with Crippen molar-refractivity contribution >= 4 is 11.8 Å². The Morgan fingerprint density at radius 1 is 1.35 bits per heavy atom. The van der Waals surface area contributed by atoms with Crippen molar-refractivity contribution in [1.29, 1.82) is 0 Å².